The maximum atomic E-state index is 12.9. The van der Waals surface area contributed by atoms with Crippen molar-refractivity contribution in [3.8, 4) is 17.6 Å². The Labute approximate surface area is 195 Å². The molecular weight excluding hydrogens is 445 g/mol. The molecule has 0 aromatic heterocycles. The molecule has 0 heterocycles. The summed E-state index contributed by atoms with van der Waals surface area (Å²) >= 11 is 0. The van der Waals surface area contributed by atoms with Gasteiger partial charge in [-0.2, -0.15) is 18.4 Å². The van der Waals surface area contributed by atoms with Crippen molar-refractivity contribution in [3.63, 3.8) is 0 Å². The molecule has 0 saturated carbocycles. The van der Waals surface area contributed by atoms with Crippen LogP contribution in [0.2, 0.25) is 0 Å². The normalized spacial score (nSPS) is 13.0. The van der Waals surface area contributed by atoms with Crippen LogP contribution in [-0.2, 0) is 15.7 Å². The van der Waals surface area contributed by atoms with Gasteiger partial charge < -0.3 is 14.8 Å². The Morgan fingerprint density at radius 2 is 1.59 bits per heavy atom. The lowest BCUT2D eigenvalue weighted by atomic mass is 10.0. The molecular formula is C26H23F3N2O3. The zero-order chi connectivity index (χ0) is 24.7. The zero-order valence-electron chi connectivity index (χ0n) is 18.5. The van der Waals surface area contributed by atoms with Crippen LogP contribution in [0.15, 0.2) is 78.9 Å². The largest absolute Gasteiger partial charge is 0.457 e. The molecule has 0 aliphatic heterocycles. The van der Waals surface area contributed by atoms with Crippen LogP contribution in [-0.4, -0.2) is 12.0 Å². The number of esters is 1. The van der Waals surface area contributed by atoms with E-state index in [0.29, 0.717) is 22.7 Å². The minimum atomic E-state index is -4.45. The van der Waals surface area contributed by atoms with Crippen LogP contribution in [0.25, 0.3) is 0 Å². The van der Waals surface area contributed by atoms with Crippen molar-refractivity contribution in [2.75, 3.05) is 5.32 Å². The highest BCUT2D eigenvalue weighted by molar-refractivity contribution is 5.80. The van der Waals surface area contributed by atoms with E-state index in [1.54, 1.807) is 50.2 Å². The first-order valence-electron chi connectivity index (χ1n) is 10.5. The van der Waals surface area contributed by atoms with Crippen LogP contribution in [0.5, 0.6) is 11.5 Å². The average Bonchev–Trinajstić information content (AvgIpc) is 2.81. The van der Waals surface area contributed by atoms with Gasteiger partial charge in [-0.15, -0.1) is 0 Å². The molecule has 3 aromatic carbocycles. The molecule has 3 rings (SSSR count). The predicted octanol–water partition coefficient (Wildman–Crippen LogP) is 6.74. The Kier molecular flexibility index (Phi) is 7.79. The quantitative estimate of drug-likeness (QED) is 0.371. The highest BCUT2D eigenvalue weighted by Gasteiger charge is 2.31. The Balaban J connectivity index is 1.72. The van der Waals surface area contributed by atoms with E-state index >= 15 is 0 Å². The van der Waals surface area contributed by atoms with Gasteiger partial charge >= 0.3 is 12.1 Å². The summed E-state index contributed by atoms with van der Waals surface area (Å²) < 4.78 is 49.6. The molecule has 5 nitrogen and oxygen atoms in total. The van der Waals surface area contributed by atoms with E-state index in [1.807, 2.05) is 24.3 Å². The van der Waals surface area contributed by atoms with E-state index in [9.17, 15) is 23.2 Å². The first-order chi connectivity index (χ1) is 16.2. The number of nitrogens with one attached hydrogen (secondary N) is 1. The van der Waals surface area contributed by atoms with Crippen LogP contribution in [0.3, 0.4) is 0 Å². The summed E-state index contributed by atoms with van der Waals surface area (Å²) in [6.07, 6.45) is -5.64. The molecule has 8 heteroatoms. The third-order valence-electron chi connectivity index (χ3n) is 4.95. The molecule has 2 unspecified atom stereocenters. The highest BCUT2D eigenvalue weighted by atomic mass is 19.4. The summed E-state index contributed by atoms with van der Waals surface area (Å²) in [5, 5.41) is 12.5. The van der Waals surface area contributed by atoms with Crippen molar-refractivity contribution in [3.05, 3.63) is 90.0 Å². The molecule has 0 fully saturated rings. The number of ether oxygens (including phenoxy) is 2. The number of nitriles is 1. The fourth-order valence-corrected chi connectivity index (χ4v) is 3.16. The Hall–Kier alpha value is -3.99. The summed E-state index contributed by atoms with van der Waals surface area (Å²) in [6.45, 7) is 3.53. The van der Waals surface area contributed by atoms with Crippen LogP contribution >= 0.6 is 0 Å². The second kappa shape index (κ2) is 10.8. The Morgan fingerprint density at radius 1 is 0.941 bits per heavy atom. The third-order valence-corrected chi connectivity index (χ3v) is 4.95. The standard InChI is InChI=1S/C26H23F3N2O3/c1-17(2)24(31-20-13-11-19(12-14-20)26(27,28)29)25(32)34-23(16-30)18-7-6-10-22(15-18)33-21-8-4-3-5-9-21/h3-15,17,23-24,31H,1-2H3. The second-order valence-electron chi connectivity index (χ2n) is 7.87. The lowest BCUT2D eigenvalue weighted by Gasteiger charge is -2.23. The maximum absolute atomic E-state index is 12.9. The Bertz CT molecular complexity index is 1140. The van der Waals surface area contributed by atoms with Crippen molar-refractivity contribution in [1.82, 2.24) is 0 Å². The minimum Gasteiger partial charge on any atom is -0.457 e. The van der Waals surface area contributed by atoms with Gasteiger partial charge in [0.1, 0.15) is 23.6 Å². The number of nitrogens with zero attached hydrogens (tertiary/aromatic N) is 1. The number of rotatable bonds is 8. The summed E-state index contributed by atoms with van der Waals surface area (Å²) in [5.41, 5.74) is -0.0272. The van der Waals surface area contributed by atoms with Crippen LogP contribution < -0.4 is 10.1 Å². The molecule has 176 valence electrons. The predicted molar refractivity (Wildman–Crippen MR) is 121 cm³/mol. The monoisotopic (exact) mass is 468 g/mol. The molecule has 0 aliphatic carbocycles. The molecule has 1 N–H and O–H groups in total. The van der Waals surface area contributed by atoms with E-state index in [1.165, 1.54) is 12.1 Å². The van der Waals surface area contributed by atoms with Gasteiger partial charge in [-0.05, 0) is 54.4 Å². The molecule has 3 aromatic rings. The minimum absolute atomic E-state index is 0.262. The number of carbonyl (C=O) groups excluding carboxylic acids is 1. The van der Waals surface area contributed by atoms with Crippen molar-refractivity contribution in [2.24, 2.45) is 5.92 Å². The van der Waals surface area contributed by atoms with E-state index in [2.05, 4.69) is 5.32 Å². The van der Waals surface area contributed by atoms with Gasteiger partial charge in [0.25, 0.3) is 0 Å². The first-order valence-corrected chi connectivity index (χ1v) is 10.5. The van der Waals surface area contributed by atoms with Gasteiger partial charge in [-0.25, -0.2) is 4.79 Å². The number of hydrogen-bond donors (Lipinski definition) is 1. The Morgan fingerprint density at radius 3 is 2.18 bits per heavy atom. The summed E-state index contributed by atoms with van der Waals surface area (Å²) in [4.78, 5) is 12.9. The molecule has 0 saturated heterocycles. The number of para-hydroxylation sites is 1. The molecule has 0 radical (unpaired) electrons. The summed E-state index contributed by atoms with van der Waals surface area (Å²) in [6, 6.07) is 21.2. The molecule has 2 atom stereocenters. The molecule has 0 spiro atoms. The van der Waals surface area contributed by atoms with Gasteiger partial charge in [-0.1, -0.05) is 44.2 Å². The molecule has 0 aliphatic rings. The fourth-order valence-electron chi connectivity index (χ4n) is 3.16. The van der Waals surface area contributed by atoms with E-state index in [-0.39, 0.29) is 5.92 Å². The molecule has 0 amide bonds. The number of halogens is 3. The SMILES string of the molecule is CC(C)C(Nc1ccc(C(F)(F)F)cc1)C(=O)OC(C#N)c1cccc(Oc2ccccc2)c1. The van der Waals surface area contributed by atoms with Gasteiger partial charge in [0.05, 0.1) is 5.56 Å². The highest BCUT2D eigenvalue weighted by Crippen LogP contribution is 2.30. The molecule has 34 heavy (non-hydrogen) atoms. The first kappa shape index (κ1) is 24.6. The van der Waals surface area contributed by atoms with Crippen LogP contribution in [0.1, 0.15) is 31.1 Å². The van der Waals surface area contributed by atoms with Gasteiger partial charge in [-0.3, -0.25) is 0 Å². The van der Waals surface area contributed by atoms with E-state index in [0.717, 1.165) is 12.1 Å². The van der Waals surface area contributed by atoms with Crippen molar-refractivity contribution < 1.29 is 27.4 Å². The van der Waals surface area contributed by atoms with Crippen molar-refractivity contribution in [2.45, 2.75) is 32.2 Å². The van der Waals surface area contributed by atoms with Crippen LogP contribution in [0, 0.1) is 17.2 Å². The second-order valence-corrected chi connectivity index (χ2v) is 7.87. The van der Waals surface area contributed by atoms with E-state index in [4.69, 9.17) is 9.47 Å². The maximum Gasteiger partial charge on any atom is 0.416 e. The van der Waals surface area contributed by atoms with Gasteiger partial charge in [0, 0.05) is 11.3 Å². The van der Waals surface area contributed by atoms with E-state index < -0.39 is 29.9 Å². The fraction of sp³-hybridized carbons (Fsp3) is 0.231. The number of anilines is 1. The number of carbonyl (C=O) groups is 1. The summed E-state index contributed by atoms with van der Waals surface area (Å²) in [7, 11) is 0. The average molecular weight is 468 g/mol. The number of alkyl halides is 3. The van der Waals surface area contributed by atoms with Gasteiger partial charge in [0.2, 0.25) is 6.10 Å². The van der Waals surface area contributed by atoms with Crippen molar-refractivity contribution in [1.29, 1.82) is 5.26 Å². The lowest BCUT2D eigenvalue weighted by molar-refractivity contribution is -0.149. The summed E-state index contributed by atoms with van der Waals surface area (Å²) in [5.74, 6) is 0.131. The third kappa shape index (κ3) is 6.51. The zero-order valence-corrected chi connectivity index (χ0v) is 18.5. The number of benzene rings is 3. The lowest BCUT2D eigenvalue weighted by Crippen LogP contribution is -2.36. The van der Waals surface area contributed by atoms with Gasteiger partial charge in [0.15, 0.2) is 0 Å². The topological polar surface area (TPSA) is 71.3 Å². The number of hydrogen-bond acceptors (Lipinski definition) is 5. The van der Waals surface area contributed by atoms with Crippen LogP contribution in [0.4, 0.5) is 18.9 Å². The smallest absolute Gasteiger partial charge is 0.416 e. The molecule has 0 bridgehead atoms. The van der Waals surface area contributed by atoms with Crippen molar-refractivity contribution >= 4 is 11.7 Å².